The summed E-state index contributed by atoms with van der Waals surface area (Å²) < 4.78 is 0. The molecule has 0 unspecified atom stereocenters. The van der Waals surface area contributed by atoms with E-state index in [9.17, 15) is 19.2 Å². The fourth-order valence-electron chi connectivity index (χ4n) is 7.81. The lowest BCUT2D eigenvalue weighted by Crippen LogP contribution is -2.34. The highest BCUT2D eigenvalue weighted by Crippen LogP contribution is 2.57. The van der Waals surface area contributed by atoms with Crippen LogP contribution in [0, 0.1) is 47.3 Å². The number of benzene rings is 1. The van der Waals surface area contributed by atoms with Gasteiger partial charge in [-0.3, -0.25) is 29.0 Å². The first kappa shape index (κ1) is 18.5. The number of carbonyl (C=O) groups excluding carboxylic acids is 4. The molecule has 162 valence electrons. The molecular weight excluding hydrogens is 404 g/mol. The van der Waals surface area contributed by atoms with Crippen LogP contribution in [0.5, 0.6) is 0 Å². The second-order valence-corrected chi connectivity index (χ2v) is 10.5. The van der Waals surface area contributed by atoms with Crippen LogP contribution in [0.25, 0.3) is 0 Å². The first-order valence-corrected chi connectivity index (χ1v) is 11.6. The van der Waals surface area contributed by atoms with Gasteiger partial charge in [-0.05, 0) is 74.6 Å². The molecule has 0 spiro atoms. The fraction of sp³-hybridized carbons (Fsp3) is 0.462. The Labute approximate surface area is 185 Å². The topological polar surface area (TPSA) is 74.8 Å². The lowest BCUT2D eigenvalue weighted by atomic mass is 9.82. The van der Waals surface area contributed by atoms with Gasteiger partial charge in [-0.2, -0.15) is 0 Å². The van der Waals surface area contributed by atoms with Gasteiger partial charge in [-0.25, -0.2) is 0 Å². The highest BCUT2D eigenvalue weighted by Gasteiger charge is 2.62. The van der Waals surface area contributed by atoms with E-state index in [-0.39, 0.29) is 71.0 Å². The molecule has 4 fully saturated rings. The van der Waals surface area contributed by atoms with Gasteiger partial charge in [0, 0.05) is 0 Å². The third-order valence-corrected chi connectivity index (χ3v) is 9.13. The maximum atomic E-state index is 13.2. The number of amides is 4. The van der Waals surface area contributed by atoms with Crippen molar-refractivity contribution in [2.24, 2.45) is 47.3 Å². The average Bonchev–Trinajstić information content (AvgIpc) is 3.57. The number of hydrogen-bond acceptors (Lipinski definition) is 4. The molecule has 2 saturated carbocycles. The molecule has 1 aromatic carbocycles. The number of fused-ring (bicyclic) bond motifs is 10. The summed E-state index contributed by atoms with van der Waals surface area (Å²) in [6, 6.07) is 6.78. The summed E-state index contributed by atoms with van der Waals surface area (Å²) in [5, 5.41) is 0. The van der Waals surface area contributed by atoms with Crippen LogP contribution < -0.4 is 9.80 Å². The van der Waals surface area contributed by atoms with E-state index in [0.29, 0.717) is 11.4 Å². The Bertz CT molecular complexity index is 1100. The Kier molecular flexibility index (Phi) is 3.39. The van der Waals surface area contributed by atoms with Crippen LogP contribution in [-0.2, 0) is 19.2 Å². The second kappa shape index (κ2) is 5.85. The van der Waals surface area contributed by atoms with Gasteiger partial charge >= 0.3 is 0 Å². The molecule has 4 aliphatic carbocycles. The molecule has 4 amide bonds. The first-order valence-electron chi connectivity index (χ1n) is 11.6. The SMILES string of the molecule is CC1=C[C@H]2C[C@H]1[C@@H]1C(=O)N(c3ccc(N4C(=O)[C@@H]5[C@H](C4=O)[C@H]4C=C(C)[C@H]5C4)cc3)C(=O)[C@H]12. The minimum Gasteiger partial charge on any atom is -0.274 e. The quantitative estimate of drug-likeness (QED) is 0.536. The van der Waals surface area contributed by atoms with Gasteiger partial charge in [0.1, 0.15) is 0 Å². The smallest absolute Gasteiger partial charge is 0.238 e. The van der Waals surface area contributed by atoms with E-state index in [4.69, 9.17) is 0 Å². The first-order chi connectivity index (χ1) is 15.4. The normalized spacial score (nSPS) is 41.1. The van der Waals surface area contributed by atoms with Crippen molar-refractivity contribution in [3.63, 3.8) is 0 Å². The largest absolute Gasteiger partial charge is 0.274 e. The summed E-state index contributed by atoms with van der Waals surface area (Å²) in [7, 11) is 0. The molecule has 32 heavy (non-hydrogen) atoms. The third-order valence-electron chi connectivity index (χ3n) is 9.13. The number of imide groups is 2. The van der Waals surface area contributed by atoms with Crippen molar-refractivity contribution in [3.05, 3.63) is 47.6 Å². The molecule has 6 nitrogen and oxygen atoms in total. The zero-order valence-corrected chi connectivity index (χ0v) is 18.0. The Balaban J connectivity index is 1.17. The van der Waals surface area contributed by atoms with Gasteiger partial charge < -0.3 is 0 Å². The molecule has 6 heteroatoms. The molecule has 1 aromatic rings. The minimum absolute atomic E-state index is 0.117. The van der Waals surface area contributed by atoms with Crippen molar-refractivity contribution in [2.75, 3.05) is 9.80 Å². The Hall–Kier alpha value is -3.02. The number of allylic oxidation sites excluding steroid dienone is 4. The van der Waals surface area contributed by atoms with Gasteiger partial charge in [0.15, 0.2) is 0 Å². The fourth-order valence-corrected chi connectivity index (χ4v) is 7.81. The highest BCUT2D eigenvalue weighted by atomic mass is 16.2. The van der Waals surface area contributed by atoms with Crippen molar-refractivity contribution in [3.8, 4) is 0 Å². The van der Waals surface area contributed by atoms with E-state index < -0.39 is 0 Å². The standard InChI is InChI=1S/C26H24N2O4/c1-11-7-13-9-17(11)21-19(13)23(29)27(25(21)31)15-3-5-16(6-4-15)28-24(30)20-14-8-12(2)18(10-14)22(20)26(28)32/h3-8,13-14,17-22H,9-10H2,1-2H3/t13-,14-,17+,18+,19-,20+,21-,22-/m0/s1. The number of rotatable bonds is 2. The molecule has 7 rings (SSSR count). The van der Waals surface area contributed by atoms with Gasteiger partial charge in [0.2, 0.25) is 23.6 Å². The number of carbonyl (C=O) groups is 4. The molecule has 2 aliphatic heterocycles. The highest BCUT2D eigenvalue weighted by molar-refractivity contribution is 6.24. The molecule has 0 aromatic heterocycles. The molecule has 2 heterocycles. The maximum Gasteiger partial charge on any atom is 0.238 e. The van der Waals surface area contributed by atoms with Gasteiger partial charge in [0.05, 0.1) is 35.0 Å². The summed E-state index contributed by atoms with van der Waals surface area (Å²) in [5.41, 5.74) is 3.49. The molecular formula is C26H24N2O4. The summed E-state index contributed by atoms with van der Waals surface area (Å²) in [6.07, 6.45) is 6.14. The van der Waals surface area contributed by atoms with E-state index in [2.05, 4.69) is 26.0 Å². The Morgan fingerprint density at radius 1 is 0.594 bits per heavy atom. The molecule has 6 aliphatic rings. The zero-order chi connectivity index (χ0) is 22.0. The van der Waals surface area contributed by atoms with Crippen molar-refractivity contribution >= 4 is 35.0 Å². The van der Waals surface area contributed by atoms with Crippen LogP contribution in [0.2, 0.25) is 0 Å². The van der Waals surface area contributed by atoms with E-state index in [1.54, 1.807) is 24.3 Å². The van der Waals surface area contributed by atoms with Crippen LogP contribution in [-0.4, -0.2) is 23.6 Å². The molecule has 4 bridgehead atoms. The number of nitrogens with zero attached hydrogens (tertiary/aromatic N) is 2. The van der Waals surface area contributed by atoms with Crippen LogP contribution in [0.15, 0.2) is 47.6 Å². The summed E-state index contributed by atoms with van der Waals surface area (Å²) in [4.78, 5) is 55.3. The average molecular weight is 428 g/mol. The van der Waals surface area contributed by atoms with E-state index in [1.165, 1.54) is 20.9 Å². The molecule has 2 saturated heterocycles. The molecule has 0 radical (unpaired) electrons. The predicted octanol–water partition coefficient (Wildman–Crippen LogP) is 3.09. The van der Waals surface area contributed by atoms with Gasteiger partial charge in [-0.1, -0.05) is 23.3 Å². The monoisotopic (exact) mass is 428 g/mol. The van der Waals surface area contributed by atoms with Crippen molar-refractivity contribution in [1.82, 2.24) is 0 Å². The summed E-state index contributed by atoms with van der Waals surface area (Å²) in [6.45, 7) is 4.11. The second-order valence-electron chi connectivity index (χ2n) is 10.5. The number of hydrogen-bond donors (Lipinski definition) is 0. The lowest BCUT2D eigenvalue weighted by molar-refractivity contribution is -0.124. The van der Waals surface area contributed by atoms with Crippen LogP contribution >= 0.6 is 0 Å². The Morgan fingerprint density at radius 2 is 0.938 bits per heavy atom. The van der Waals surface area contributed by atoms with E-state index >= 15 is 0 Å². The predicted molar refractivity (Wildman–Crippen MR) is 116 cm³/mol. The van der Waals surface area contributed by atoms with E-state index in [0.717, 1.165) is 12.8 Å². The summed E-state index contributed by atoms with van der Waals surface area (Å²) >= 11 is 0. The van der Waals surface area contributed by atoms with Crippen molar-refractivity contribution in [1.29, 1.82) is 0 Å². The van der Waals surface area contributed by atoms with Crippen LogP contribution in [0.1, 0.15) is 26.7 Å². The van der Waals surface area contributed by atoms with Crippen molar-refractivity contribution in [2.45, 2.75) is 26.7 Å². The lowest BCUT2D eigenvalue weighted by Gasteiger charge is -2.21. The minimum atomic E-state index is -0.247. The van der Waals surface area contributed by atoms with Gasteiger partial charge in [-0.15, -0.1) is 0 Å². The van der Waals surface area contributed by atoms with Crippen LogP contribution in [0.4, 0.5) is 11.4 Å². The molecule has 0 N–H and O–H groups in total. The van der Waals surface area contributed by atoms with Crippen LogP contribution in [0.3, 0.4) is 0 Å². The summed E-state index contributed by atoms with van der Waals surface area (Å²) in [5.74, 6) is -0.776. The third kappa shape index (κ3) is 2.02. The Morgan fingerprint density at radius 3 is 1.31 bits per heavy atom. The molecule has 8 atom stereocenters. The van der Waals surface area contributed by atoms with E-state index in [1.807, 2.05) is 0 Å². The zero-order valence-electron chi connectivity index (χ0n) is 18.0. The van der Waals surface area contributed by atoms with Gasteiger partial charge in [0.25, 0.3) is 0 Å². The van der Waals surface area contributed by atoms with Crippen molar-refractivity contribution < 1.29 is 19.2 Å². The maximum absolute atomic E-state index is 13.2. The number of anilines is 2.